The van der Waals surface area contributed by atoms with Crippen molar-refractivity contribution in [2.24, 2.45) is 10.8 Å². The van der Waals surface area contributed by atoms with Gasteiger partial charge in [-0.05, 0) is 55.9 Å². The third-order valence-corrected chi connectivity index (χ3v) is 8.56. The fourth-order valence-corrected chi connectivity index (χ4v) is 5.25. The van der Waals surface area contributed by atoms with Crippen LogP contribution in [0.25, 0.3) is 0 Å². The van der Waals surface area contributed by atoms with Gasteiger partial charge in [0.05, 0.1) is 5.00 Å². The average Bonchev–Trinajstić information content (AvgIpc) is 2.40. The summed E-state index contributed by atoms with van der Waals surface area (Å²) in [7, 11) is 0.892. The molecule has 0 heterocycles. The Hall–Kier alpha value is -0.893. The Kier molecular flexibility index (Phi) is 7.59. The highest BCUT2D eigenvalue weighted by atomic mass is 35.5. The largest absolute Gasteiger partial charge is 0.397 e. The zero-order valence-corrected chi connectivity index (χ0v) is 15.8. The number of terminal acetylenes is 1. The van der Waals surface area contributed by atoms with Gasteiger partial charge in [0, 0.05) is 19.6 Å². The van der Waals surface area contributed by atoms with Crippen LogP contribution in [0, 0.1) is 46.9 Å². The molecule has 1 unspecified atom stereocenters. The van der Waals surface area contributed by atoms with Crippen LogP contribution in [0.5, 0.6) is 0 Å². The predicted octanol–water partition coefficient (Wildman–Crippen LogP) is 3.58. The van der Waals surface area contributed by atoms with Crippen LogP contribution in [-0.2, 0) is 8.85 Å². The fraction of sp³-hybridized carbons (Fsp3) is 0.647. The molecule has 0 aliphatic carbocycles. The molecule has 0 spiro atoms. The zero-order chi connectivity index (χ0) is 16.7. The minimum absolute atomic E-state index is 0.188. The Balaban J connectivity index is 5.18. The van der Waals surface area contributed by atoms with Gasteiger partial charge in [0.2, 0.25) is 0 Å². The molecular weight excluding hydrogens is 300 g/mol. The number of rotatable bonds is 6. The smallest absolute Gasteiger partial charge is 0.353 e. The van der Waals surface area contributed by atoms with Crippen molar-refractivity contribution in [3.63, 3.8) is 0 Å². The summed E-state index contributed by atoms with van der Waals surface area (Å²) in [5.74, 6) is 13.3. The average molecular weight is 325 g/mol. The van der Waals surface area contributed by atoms with E-state index >= 15 is 0 Å². The summed E-state index contributed by atoms with van der Waals surface area (Å²) < 4.78 is 11.1. The van der Waals surface area contributed by atoms with Crippen molar-refractivity contribution in [1.29, 1.82) is 0 Å². The third kappa shape index (κ3) is 6.17. The molecule has 0 radical (unpaired) electrons. The summed E-state index contributed by atoms with van der Waals surface area (Å²) in [6, 6.07) is 0. The van der Waals surface area contributed by atoms with Crippen molar-refractivity contribution in [1.82, 2.24) is 0 Å². The molecule has 0 saturated heterocycles. The Morgan fingerprint density at radius 3 is 2.05 bits per heavy atom. The normalized spacial score (nSPS) is 13.3. The van der Waals surface area contributed by atoms with Crippen LogP contribution in [-0.4, -0.2) is 27.8 Å². The van der Waals surface area contributed by atoms with E-state index in [1.807, 2.05) is 6.55 Å². The van der Waals surface area contributed by atoms with Gasteiger partial charge in [-0.15, -0.1) is 18.0 Å². The van der Waals surface area contributed by atoms with Crippen molar-refractivity contribution in [2.75, 3.05) is 14.2 Å². The van der Waals surface area contributed by atoms with E-state index in [1.165, 1.54) is 0 Å². The topological polar surface area (TPSA) is 18.5 Å². The number of alkyl halides is 1. The van der Waals surface area contributed by atoms with Crippen LogP contribution in [0.2, 0.25) is 6.55 Å². The van der Waals surface area contributed by atoms with Crippen LogP contribution in [0.3, 0.4) is 0 Å². The van der Waals surface area contributed by atoms with Gasteiger partial charge in [0.15, 0.2) is 0 Å². The van der Waals surface area contributed by atoms with Gasteiger partial charge in [0.1, 0.15) is 0 Å². The summed E-state index contributed by atoms with van der Waals surface area (Å²) in [6.07, 6.45) is 5.87. The first-order valence-corrected chi connectivity index (χ1v) is 9.60. The van der Waals surface area contributed by atoms with Crippen molar-refractivity contribution in [3.05, 3.63) is 0 Å². The van der Waals surface area contributed by atoms with Crippen LogP contribution >= 0.6 is 11.6 Å². The maximum absolute atomic E-state index is 6.68. The van der Waals surface area contributed by atoms with E-state index in [-0.39, 0.29) is 15.8 Å². The number of hydrogen-bond donors (Lipinski definition) is 0. The maximum atomic E-state index is 6.68. The second-order valence-corrected chi connectivity index (χ2v) is 10.7. The molecule has 2 nitrogen and oxygen atoms in total. The molecule has 0 aliphatic rings. The predicted molar refractivity (Wildman–Crippen MR) is 91.8 cm³/mol. The van der Waals surface area contributed by atoms with Crippen LogP contribution < -0.4 is 0 Å². The first-order chi connectivity index (χ1) is 9.54. The van der Waals surface area contributed by atoms with E-state index in [1.54, 1.807) is 14.2 Å². The molecule has 21 heavy (non-hydrogen) atoms. The molecule has 116 valence electrons. The Bertz CT molecular complexity index is 505. The lowest BCUT2D eigenvalue weighted by Crippen LogP contribution is -2.53. The highest BCUT2D eigenvalue weighted by Gasteiger charge is 2.48. The molecule has 0 saturated carbocycles. The van der Waals surface area contributed by atoms with Crippen molar-refractivity contribution < 1.29 is 8.85 Å². The minimum atomic E-state index is -2.42. The van der Waals surface area contributed by atoms with Crippen LogP contribution in [0.4, 0.5) is 0 Å². The van der Waals surface area contributed by atoms with Gasteiger partial charge in [-0.2, -0.15) is 0 Å². The van der Waals surface area contributed by atoms with E-state index in [2.05, 4.69) is 57.3 Å². The molecule has 4 heteroatoms. The van der Waals surface area contributed by atoms with Gasteiger partial charge in [-0.1, -0.05) is 19.8 Å². The first kappa shape index (κ1) is 20.1. The molecule has 0 aliphatic heterocycles. The van der Waals surface area contributed by atoms with Crippen LogP contribution in [0.15, 0.2) is 0 Å². The molecule has 0 aromatic heterocycles. The Morgan fingerprint density at radius 1 is 1.10 bits per heavy atom. The maximum Gasteiger partial charge on any atom is 0.353 e. The summed E-state index contributed by atoms with van der Waals surface area (Å²) in [5.41, 5.74) is -0.414. The summed E-state index contributed by atoms with van der Waals surface area (Å²) in [4.78, 5) is 0. The van der Waals surface area contributed by atoms with Crippen molar-refractivity contribution in [2.45, 2.75) is 45.7 Å². The Labute approximate surface area is 136 Å². The highest BCUT2D eigenvalue weighted by Crippen LogP contribution is 2.41. The molecule has 1 atom stereocenters. The lowest BCUT2D eigenvalue weighted by molar-refractivity contribution is 0.194. The quantitative estimate of drug-likeness (QED) is 0.422. The SMILES string of the molecule is C#CC#CC#CC(C)(C)CC(C)(C)C(Cl)[Si](C)(OC)OC. The van der Waals surface area contributed by atoms with Gasteiger partial charge in [0.25, 0.3) is 0 Å². The number of halogens is 1. The number of hydrogen-bond acceptors (Lipinski definition) is 2. The molecule has 0 bridgehead atoms. The fourth-order valence-electron chi connectivity index (χ4n) is 2.54. The summed E-state index contributed by atoms with van der Waals surface area (Å²) in [5, 5.41) is -0.196. The lowest BCUT2D eigenvalue weighted by Gasteiger charge is -2.41. The molecule has 0 aromatic rings. The molecule has 0 aromatic carbocycles. The minimum Gasteiger partial charge on any atom is -0.397 e. The van der Waals surface area contributed by atoms with Crippen LogP contribution in [0.1, 0.15) is 34.1 Å². The highest BCUT2D eigenvalue weighted by molar-refractivity contribution is 6.75. The van der Waals surface area contributed by atoms with E-state index < -0.39 is 8.56 Å². The molecule has 0 N–H and O–H groups in total. The molecule has 0 fully saturated rings. The van der Waals surface area contributed by atoms with E-state index in [4.69, 9.17) is 26.9 Å². The van der Waals surface area contributed by atoms with Gasteiger partial charge >= 0.3 is 8.56 Å². The zero-order valence-electron chi connectivity index (χ0n) is 14.1. The third-order valence-electron chi connectivity index (χ3n) is 3.45. The summed E-state index contributed by atoms with van der Waals surface area (Å²) >= 11 is 6.68. The molecule has 0 amide bonds. The second kappa shape index (κ2) is 7.93. The second-order valence-electron chi connectivity index (χ2n) is 6.48. The standard InChI is InChI=1S/C17H25ClO2Si/c1-9-10-11-12-13-16(2,3)14-17(4,5)15(18)21(8,19-6)20-7/h1,15H,14H2,2-8H3. The van der Waals surface area contributed by atoms with Gasteiger partial charge in [-0.3, -0.25) is 0 Å². The van der Waals surface area contributed by atoms with Gasteiger partial charge < -0.3 is 8.85 Å². The van der Waals surface area contributed by atoms with Crippen molar-refractivity contribution in [3.8, 4) is 36.0 Å². The van der Waals surface area contributed by atoms with E-state index in [9.17, 15) is 0 Å². The van der Waals surface area contributed by atoms with E-state index in [0.717, 1.165) is 6.42 Å². The molecule has 0 rings (SSSR count). The van der Waals surface area contributed by atoms with Gasteiger partial charge in [-0.25, -0.2) is 0 Å². The van der Waals surface area contributed by atoms with Crippen molar-refractivity contribution >= 4 is 20.2 Å². The summed E-state index contributed by atoms with van der Waals surface area (Å²) in [6.45, 7) is 10.3. The monoisotopic (exact) mass is 324 g/mol. The Morgan fingerprint density at radius 2 is 1.62 bits per heavy atom. The lowest BCUT2D eigenvalue weighted by atomic mass is 9.76. The van der Waals surface area contributed by atoms with E-state index in [0.29, 0.717) is 0 Å². The molecular formula is C17H25ClO2Si. The first-order valence-electron chi connectivity index (χ1n) is 6.77.